The van der Waals surface area contributed by atoms with Gasteiger partial charge in [-0.3, -0.25) is 0 Å². The summed E-state index contributed by atoms with van der Waals surface area (Å²) >= 11 is 2.34. The molecule has 0 saturated carbocycles. The van der Waals surface area contributed by atoms with Gasteiger partial charge in [0.05, 0.1) is 5.69 Å². The fraction of sp³-hybridized carbons (Fsp3) is 0.200. The van der Waals surface area contributed by atoms with Gasteiger partial charge in [-0.1, -0.05) is 12.1 Å². The maximum Gasteiger partial charge on any atom is 0.0547 e. The lowest BCUT2D eigenvalue weighted by Crippen LogP contribution is -2.17. The third-order valence-corrected chi connectivity index (χ3v) is 3.76. The number of halogens is 1. The number of aryl methyl sites for hydroxylation is 1. The Kier molecular flexibility index (Phi) is 4.11. The highest BCUT2D eigenvalue weighted by Crippen LogP contribution is 2.31. The molecule has 2 N–H and O–H groups in total. The van der Waals surface area contributed by atoms with Crippen LogP contribution >= 0.6 is 22.6 Å². The van der Waals surface area contributed by atoms with Gasteiger partial charge >= 0.3 is 0 Å². The van der Waals surface area contributed by atoms with Crippen LogP contribution in [0.15, 0.2) is 42.5 Å². The Hall–Kier alpha value is -1.23. The summed E-state index contributed by atoms with van der Waals surface area (Å²) in [5.74, 6) is 0. The van der Waals surface area contributed by atoms with E-state index >= 15 is 0 Å². The van der Waals surface area contributed by atoms with E-state index in [9.17, 15) is 0 Å². The van der Waals surface area contributed by atoms with Crippen molar-refractivity contribution in [3.05, 3.63) is 51.6 Å². The van der Waals surface area contributed by atoms with Crippen LogP contribution in [0.25, 0.3) is 0 Å². The average molecular weight is 352 g/mol. The molecular formula is C15H17IN2. The van der Waals surface area contributed by atoms with E-state index in [4.69, 9.17) is 5.73 Å². The molecule has 2 aromatic rings. The number of nitrogen functional groups attached to an aromatic ring is 1. The average Bonchev–Trinajstić information content (AvgIpc) is 2.33. The normalized spacial score (nSPS) is 10.4. The van der Waals surface area contributed by atoms with E-state index in [0.717, 1.165) is 12.2 Å². The molecule has 0 spiro atoms. The molecule has 0 saturated heterocycles. The number of nitrogens with zero attached hydrogens (tertiary/aromatic N) is 1. The summed E-state index contributed by atoms with van der Waals surface area (Å²) < 4.78 is 1.18. The largest absolute Gasteiger partial charge is 0.399 e. The minimum atomic E-state index is 0.809. The van der Waals surface area contributed by atoms with Crippen LogP contribution < -0.4 is 10.6 Å². The Morgan fingerprint density at radius 3 is 2.56 bits per heavy atom. The number of anilines is 3. The third kappa shape index (κ3) is 2.77. The maximum absolute atomic E-state index is 5.81. The van der Waals surface area contributed by atoms with Crippen molar-refractivity contribution in [2.75, 3.05) is 17.2 Å². The first kappa shape index (κ1) is 13.2. The Bertz CT molecular complexity index is 552. The molecule has 18 heavy (non-hydrogen) atoms. The molecule has 0 aliphatic heterocycles. The van der Waals surface area contributed by atoms with Crippen LogP contribution in [0.4, 0.5) is 17.1 Å². The zero-order valence-electron chi connectivity index (χ0n) is 10.7. The van der Waals surface area contributed by atoms with Gasteiger partial charge in [0.1, 0.15) is 0 Å². The van der Waals surface area contributed by atoms with Crippen molar-refractivity contribution in [1.82, 2.24) is 0 Å². The number of hydrogen-bond donors (Lipinski definition) is 1. The molecule has 0 unspecified atom stereocenters. The van der Waals surface area contributed by atoms with Gasteiger partial charge in [-0.05, 0) is 72.3 Å². The fourth-order valence-corrected chi connectivity index (χ4v) is 2.86. The molecule has 2 nitrogen and oxygen atoms in total. The monoisotopic (exact) mass is 352 g/mol. The summed E-state index contributed by atoms with van der Waals surface area (Å²) in [7, 11) is 0. The maximum atomic E-state index is 5.81. The van der Waals surface area contributed by atoms with Crippen LogP contribution in [0.1, 0.15) is 12.5 Å². The topological polar surface area (TPSA) is 29.3 Å². The molecule has 0 amide bonds. The summed E-state index contributed by atoms with van der Waals surface area (Å²) in [4.78, 5) is 2.30. The zero-order valence-corrected chi connectivity index (χ0v) is 12.8. The lowest BCUT2D eigenvalue weighted by Gasteiger charge is -2.25. The quantitative estimate of drug-likeness (QED) is 0.658. The van der Waals surface area contributed by atoms with Crippen molar-refractivity contribution in [3.63, 3.8) is 0 Å². The number of hydrogen-bond acceptors (Lipinski definition) is 2. The third-order valence-electron chi connectivity index (χ3n) is 2.89. The molecular weight excluding hydrogens is 335 g/mol. The molecule has 0 aliphatic carbocycles. The fourth-order valence-electron chi connectivity index (χ4n) is 2.03. The van der Waals surface area contributed by atoms with E-state index in [1.54, 1.807) is 0 Å². The first-order valence-electron chi connectivity index (χ1n) is 6.01. The lowest BCUT2D eigenvalue weighted by molar-refractivity contribution is 1.02. The number of benzene rings is 2. The van der Waals surface area contributed by atoms with Gasteiger partial charge in [0, 0.05) is 21.5 Å². The molecule has 0 atom stereocenters. The van der Waals surface area contributed by atoms with Crippen molar-refractivity contribution >= 4 is 39.7 Å². The molecule has 94 valence electrons. The van der Waals surface area contributed by atoms with E-state index < -0.39 is 0 Å². The first-order valence-corrected chi connectivity index (χ1v) is 7.09. The van der Waals surface area contributed by atoms with Gasteiger partial charge in [0.2, 0.25) is 0 Å². The van der Waals surface area contributed by atoms with E-state index in [1.165, 1.54) is 20.5 Å². The predicted molar refractivity (Wildman–Crippen MR) is 87.4 cm³/mol. The zero-order chi connectivity index (χ0) is 13.1. The van der Waals surface area contributed by atoms with Crippen molar-refractivity contribution in [3.8, 4) is 0 Å². The molecule has 3 heteroatoms. The van der Waals surface area contributed by atoms with E-state index in [2.05, 4.69) is 71.7 Å². The smallest absolute Gasteiger partial charge is 0.0547 e. The van der Waals surface area contributed by atoms with Crippen LogP contribution in [-0.2, 0) is 0 Å². The molecule has 0 radical (unpaired) electrons. The Morgan fingerprint density at radius 1 is 1.17 bits per heavy atom. The summed E-state index contributed by atoms with van der Waals surface area (Å²) in [5, 5.41) is 0. The van der Waals surface area contributed by atoms with Crippen molar-refractivity contribution in [1.29, 1.82) is 0 Å². The highest BCUT2D eigenvalue weighted by molar-refractivity contribution is 14.1. The van der Waals surface area contributed by atoms with E-state index in [-0.39, 0.29) is 0 Å². The van der Waals surface area contributed by atoms with Crippen LogP contribution in [0.3, 0.4) is 0 Å². The molecule has 2 rings (SSSR count). The van der Waals surface area contributed by atoms with Crippen molar-refractivity contribution in [2.45, 2.75) is 13.8 Å². The standard InChI is InChI=1S/C15H17IN2/c1-3-18(13-6-4-5-11(2)9-13)15-8-7-12(17)10-14(15)16/h4-10H,3,17H2,1-2H3. The number of nitrogens with two attached hydrogens (primary N) is 1. The van der Waals surface area contributed by atoms with Gasteiger partial charge in [-0.15, -0.1) is 0 Å². The van der Waals surface area contributed by atoms with Gasteiger partial charge in [0.25, 0.3) is 0 Å². The van der Waals surface area contributed by atoms with Gasteiger partial charge in [-0.2, -0.15) is 0 Å². The van der Waals surface area contributed by atoms with Gasteiger partial charge in [0.15, 0.2) is 0 Å². The Morgan fingerprint density at radius 2 is 1.94 bits per heavy atom. The highest BCUT2D eigenvalue weighted by Gasteiger charge is 2.10. The lowest BCUT2D eigenvalue weighted by atomic mass is 10.2. The molecule has 0 heterocycles. The summed E-state index contributed by atoms with van der Waals surface area (Å²) in [6.45, 7) is 5.21. The molecule has 2 aromatic carbocycles. The highest BCUT2D eigenvalue weighted by atomic mass is 127. The summed E-state index contributed by atoms with van der Waals surface area (Å²) in [6, 6.07) is 14.6. The SMILES string of the molecule is CCN(c1cccc(C)c1)c1ccc(N)cc1I. The van der Waals surface area contributed by atoms with Crippen molar-refractivity contribution in [2.24, 2.45) is 0 Å². The minimum Gasteiger partial charge on any atom is -0.399 e. The molecule has 0 aromatic heterocycles. The van der Waals surface area contributed by atoms with Crippen LogP contribution in [0.2, 0.25) is 0 Å². The molecule has 0 fully saturated rings. The van der Waals surface area contributed by atoms with Crippen molar-refractivity contribution < 1.29 is 0 Å². The Labute approximate surface area is 122 Å². The molecule has 0 aliphatic rings. The summed E-state index contributed by atoms with van der Waals surface area (Å²) in [6.07, 6.45) is 0. The Balaban J connectivity index is 2.45. The summed E-state index contributed by atoms with van der Waals surface area (Å²) in [5.41, 5.74) is 10.3. The minimum absolute atomic E-state index is 0.809. The van der Waals surface area contributed by atoms with E-state index in [1.807, 2.05) is 12.1 Å². The molecule has 0 bridgehead atoms. The second-order valence-electron chi connectivity index (χ2n) is 4.29. The van der Waals surface area contributed by atoms with Crippen LogP contribution in [0, 0.1) is 10.5 Å². The van der Waals surface area contributed by atoms with Gasteiger partial charge in [-0.25, -0.2) is 0 Å². The predicted octanol–water partition coefficient (Wildman–Crippen LogP) is 4.34. The first-order chi connectivity index (χ1) is 8.61. The second kappa shape index (κ2) is 5.61. The van der Waals surface area contributed by atoms with Crippen LogP contribution in [-0.4, -0.2) is 6.54 Å². The second-order valence-corrected chi connectivity index (χ2v) is 5.46. The van der Waals surface area contributed by atoms with E-state index in [0.29, 0.717) is 0 Å². The van der Waals surface area contributed by atoms with Crippen LogP contribution in [0.5, 0.6) is 0 Å². The van der Waals surface area contributed by atoms with Gasteiger partial charge < -0.3 is 10.6 Å². The number of rotatable bonds is 3.